The first-order valence-electron chi connectivity index (χ1n) is 7.47. The molecule has 22 heavy (non-hydrogen) atoms. The van der Waals surface area contributed by atoms with Crippen molar-refractivity contribution in [3.8, 4) is 5.88 Å². The number of amides is 1. The van der Waals surface area contributed by atoms with E-state index < -0.39 is 0 Å². The smallest absolute Gasteiger partial charge is 0.274 e. The molecule has 0 unspecified atom stereocenters. The predicted octanol–water partition coefficient (Wildman–Crippen LogP) is 1.27. The zero-order chi connectivity index (χ0) is 16.1. The lowest BCUT2D eigenvalue weighted by Crippen LogP contribution is -2.49. The van der Waals surface area contributed by atoms with Crippen LogP contribution in [0.15, 0.2) is 12.1 Å². The third-order valence-electron chi connectivity index (χ3n) is 3.46. The normalized spacial score (nSPS) is 16.1. The molecule has 1 amide bonds. The molecule has 2 heterocycles. The van der Waals surface area contributed by atoms with Crippen molar-refractivity contribution in [2.75, 3.05) is 39.3 Å². The van der Waals surface area contributed by atoms with Crippen molar-refractivity contribution in [2.24, 2.45) is 0 Å². The summed E-state index contributed by atoms with van der Waals surface area (Å²) in [7, 11) is 0. The Morgan fingerprint density at radius 1 is 1.36 bits per heavy atom. The van der Waals surface area contributed by atoms with E-state index in [2.05, 4.69) is 9.88 Å². The van der Waals surface area contributed by atoms with E-state index in [1.165, 1.54) is 0 Å². The van der Waals surface area contributed by atoms with Crippen LogP contribution in [0.1, 0.15) is 24.3 Å². The molecular formula is C15H22ClN3O3. The standard InChI is InChI=1S/C15H22ClN3O3/c1-11(2)22-13-4-3-12(16)14(17-13)15(21)19-7-5-18(6-8-19)9-10-20/h3-4,11,20H,5-10H2,1-2H3. The number of piperazine rings is 1. The number of aliphatic hydroxyl groups is 1. The van der Waals surface area contributed by atoms with Gasteiger partial charge in [0.25, 0.3) is 5.91 Å². The molecule has 1 aliphatic rings. The maximum absolute atomic E-state index is 12.6. The Balaban J connectivity index is 2.06. The van der Waals surface area contributed by atoms with Gasteiger partial charge in [0.1, 0.15) is 0 Å². The minimum Gasteiger partial charge on any atom is -0.475 e. The minimum atomic E-state index is -0.178. The number of carbonyl (C=O) groups excluding carboxylic acids is 1. The van der Waals surface area contributed by atoms with Crippen LogP contribution in [0.5, 0.6) is 5.88 Å². The predicted molar refractivity (Wildman–Crippen MR) is 84.4 cm³/mol. The first-order chi connectivity index (χ1) is 10.5. The van der Waals surface area contributed by atoms with Gasteiger partial charge < -0.3 is 14.7 Å². The number of carbonyl (C=O) groups is 1. The molecule has 0 saturated carbocycles. The third kappa shape index (κ3) is 4.32. The van der Waals surface area contributed by atoms with E-state index >= 15 is 0 Å². The fraction of sp³-hybridized carbons (Fsp3) is 0.600. The van der Waals surface area contributed by atoms with E-state index in [0.29, 0.717) is 30.5 Å². The van der Waals surface area contributed by atoms with Crippen molar-refractivity contribution in [3.05, 3.63) is 22.8 Å². The van der Waals surface area contributed by atoms with Crippen molar-refractivity contribution < 1.29 is 14.6 Å². The summed E-state index contributed by atoms with van der Waals surface area (Å²) in [4.78, 5) is 20.7. The molecule has 1 fully saturated rings. The highest BCUT2D eigenvalue weighted by atomic mass is 35.5. The summed E-state index contributed by atoms with van der Waals surface area (Å²) < 4.78 is 5.52. The Morgan fingerprint density at radius 2 is 2.05 bits per heavy atom. The van der Waals surface area contributed by atoms with Crippen LogP contribution < -0.4 is 4.74 Å². The molecule has 0 aromatic carbocycles. The lowest BCUT2D eigenvalue weighted by atomic mass is 10.2. The van der Waals surface area contributed by atoms with Gasteiger partial charge in [-0.15, -0.1) is 0 Å². The first kappa shape index (κ1) is 17.0. The first-order valence-corrected chi connectivity index (χ1v) is 7.84. The van der Waals surface area contributed by atoms with Crippen LogP contribution in [0.4, 0.5) is 0 Å². The Labute approximate surface area is 135 Å². The highest BCUT2D eigenvalue weighted by Gasteiger charge is 2.25. The number of rotatable bonds is 5. The summed E-state index contributed by atoms with van der Waals surface area (Å²) in [5, 5.41) is 9.28. The largest absolute Gasteiger partial charge is 0.475 e. The van der Waals surface area contributed by atoms with Gasteiger partial charge in [-0.1, -0.05) is 11.6 Å². The van der Waals surface area contributed by atoms with Crippen molar-refractivity contribution in [3.63, 3.8) is 0 Å². The van der Waals surface area contributed by atoms with Crippen LogP contribution in [-0.4, -0.2) is 71.2 Å². The maximum atomic E-state index is 12.6. The van der Waals surface area contributed by atoms with Crippen molar-refractivity contribution in [1.29, 1.82) is 0 Å². The van der Waals surface area contributed by atoms with Crippen molar-refractivity contribution in [1.82, 2.24) is 14.8 Å². The van der Waals surface area contributed by atoms with Crippen molar-refractivity contribution in [2.45, 2.75) is 20.0 Å². The monoisotopic (exact) mass is 327 g/mol. The highest BCUT2D eigenvalue weighted by molar-refractivity contribution is 6.33. The van der Waals surface area contributed by atoms with Gasteiger partial charge in [0.2, 0.25) is 5.88 Å². The summed E-state index contributed by atoms with van der Waals surface area (Å²) in [6, 6.07) is 3.31. The minimum absolute atomic E-state index is 0.0151. The second-order valence-corrected chi connectivity index (χ2v) is 5.91. The van der Waals surface area contributed by atoms with Gasteiger partial charge in [-0.05, 0) is 19.9 Å². The van der Waals surface area contributed by atoms with Crippen LogP contribution >= 0.6 is 11.6 Å². The van der Waals surface area contributed by atoms with Gasteiger partial charge in [0.05, 0.1) is 17.7 Å². The molecule has 1 saturated heterocycles. The third-order valence-corrected chi connectivity index (χ3v) is 3.76. The lowest BCUT2D eigenvalue weighted by Gasteiger charge is -2.34. The Hall–Kier alpha value is -1.37. The number of ether oxygens (including phenoxy) is 1. The van der Waals surface area contributed by atoms with Gasteiger partial charge in [-0.3, -0.25) is 9.69 Å². The number of hydrogen-bond donors (Lipinski definition) is 1. The SMILES string of the molecule is CC(C)Oc1ccc(Cl)c(C(=O)N2CCN(CCO)CC2)n1. The molecule has 1 aromatic rings. The topological polar surface area (TPSA) is 65.9 Å². The molecular weight excluding hydrogens is 306 g/mol. The number of aliphatic hydroxyl groups excluding tert-OH is 1. The number of hydrogen-bond acceptors (Lipinski definition) is 5. The molecule has 1 aliphatic heterocycles. The molecule has 122 valence electrons. The molecule has 2 rings (SSSR count). The number of pyridine rings is 1. The van der Waals surface area contributed by atoms with Gasteiger partial charge in [0.15, 0.2) is 5.69 Å². The molecule has 0 aliphatic carbocycles. The van der Waals surface area contributed by atoms with E-state index in [1.807, 2.05) is 13.8 Å². The summed E-state index contributed by atoms with van der Waals surface area (Å²) in [6.45, 7) is 7.27. The second-order valence-electron chi connectivity index (χ2n) is 5.50. The van der Waals surface area contributed by atoms with E-state index in [4.69, 9.17) is 21.4 Å². The Kier molecular flexibility index (Phi) is 5.99. The van der Waals surface area contributed by atoms with Gasteiger partial charge in [0, 0.05) is 38.8 Å². The van der Waals surface area contributed by atoms with Crippen LogP contribution in [0.25, 0.3) is 0 Å². The molecule has 0 spiro atoms. The molecule has 0 radical (unpaired) electrons. The van der Waals surface area contributed by atoms with E-state index in [1.54, 1.807) is 17.0 Å². The maximum Gasteiger partial charge on any atom is 0.274 e. The van der Waals surface area contributed by atoms with Gasteiger partial charge >= 0.3 is 0 Å². The van der Waals surface area contributed by atoms with Gasteiger partial charge in [-0.2, -0.15) is 0 Å². The average molecular weight is 328 g/mol. The van der Waals surface area contributed by atoms with Gasteiger partial charge in [-0.25, -0.2) is 4.98 Å². The molecule has 0 bridgehead atoms. The summed E-state index contributed by atoms with van der Waals surface area (Å²) in [5.74, 6) is 0.226. The lowest BCUT2D eigenvalue weighted by molar-refractivity contribution is 0.0608. The summed E-state index contributed by atoms with van der Waals surface area (Å²) in [5.41, 5.74) is 0.232. The molecule has 6 nitrogen and oxygen atoms in total. The molecule has 7 heteroatoms. The fourth-order valence-corrected chi connectivity index (χ4v) is 2.53. The number of aromatic nitrogens is 1. The quantitative estimate of drug-likeness (QED) is 0.882. The summed E-state index contributed by atoms with van der Waals surface area (Å²) >= 11 is 6.12. The number of nitrogens with zero attached hydrogens (tertiary/aromatic N) is 3. The van der Waals surface area contributed by atoms with E-state index in [9.17, 15) is 4.79 Å². The zero-order valence-electron chi connectivity index (χ0n) is 13.0. The van der Waals surface area contributed by atoms with E-state index in [-0.39, 0.29) is 24.3 Å². The highest BCUT2D eigenvalue weighted by Crippen LogP contribution is 2.21. The molecule has 1 N–H and O–H groups in total. The van der Waals surface area contributed by atoms with Crippen LogP contribution in [-0.2, 0) is 0 Å². The summed E-state index contributed by atoms with van der Waals surface area (Å²) in [6.07, 6.45) is -0.0151. The van der Waals surface area contributed by atoms with Crippen LogP contribution in [0.2, 0.25) is 5.02 Å². The fourth-order valence-electron chi connectivity index (χ4n) is 2.35. The second kappa shape index (κ2) is 7.76. The van der Waals surface area contributed by atoms with Crippen molar-refractivity contribution >= 4 is 17.5 Å². The van der Waals surface area contributed by atoms with E-state index in [0.717, 1.165) is 13.1 Å². The molecule has 0 atom stereocenters. The number of β-amino-alcohol motifs (C(OH)–C–C–N with tert-alkyl or cyclic N) is 1. The van der Waals surface area contributed by atoms with Crippen LogP contribution in [0.3, 0.4) is 0 Å². The zero-order valence-corrected chi connectivity index (χ0v) is 13.7. The van der Waals surface area contributed by atoms with Crippen LogP contribution in [0, 0.1) is 0 Å². The average Bonchev–Trinajstić information content (AvgIpc) is 2.49. The molecule has 1 aromatic heterocycles. The number of halogens is 1. The Morgan fingerprint density at radius 3 is 2.64 bits per heavy atom. The Bertz CT molecular complexity index is 517.